The van der Waals surface area contributed by atoms with Crippen molar-refractivity contribution in [3.63, 3.8) is 0 Å². The number of hydrogen-bond acceptors (Lipinski definition) is 10. The number of rotatable bonds is 12. The highest BCUT2D eigenvalue weighted by atomic mass is 16.6. The molecule has 1 amide bonds. The Morgan fingerprint density at radius 1 is 0.950 bits per heavy atom. The number of anilines is 2. The Morgan fingerprint density at radius 3 is 2.30 bits per heavy atom. The van der Waals surface area contributed by atoms with Crippen LogP contribution >= 0.6 is 0 Å². The predicted octanol–water partition coefficient (Wildman–Crippen LogP) is 2.27. The minimum atomic E-state index is -1.04. The molecule has 1 fully saturated rings. The van der Waals surface area contributed by atoms with Gasteiger partial charge in [0.25, 0.3) is 0 Å². The molecule has 1 aromatic heterocycles. The number of piperazine rings is 1. The van der Waals surface area contributed by atoms with Crippen molar-refractivity contribution < 1.29 is 19.4 Å². The first-order valence-corrected chi connectivity index (χ1v) is 13.2. The normalized spacial score (nSPS) is 14.8. The van der Waals surface area contributed by atoms with Crippen LogP contribution in [0.2, 0.25) is 0 Å². The summed E-state index contributed by atoms with van der Waals surface area (Å²) >= 11 is 0. The standard InChI is InChI=1S/C28H36N8O4/c1-34(2)28(39)40-23-10-8-21(9-11-23)18-24(25(37)38)32-27-31-20-30-26(33-27)29-12-13-35-14-16-36(17-15-35)19-22-6-4-3-5-7-22/h3-11,20,24H,12-19H2,1-2H3,(H,37,38)(H2,29,30,31,32,33)/t24-/m0/s1. The van der Waals surface area contributed by atoms with Gasteiger partial charge in [0, 0.05) is 66.3 Å². The maximum Gasteiger partial charge on any atom is 0.414 e. The van der Waals surface area contributed by atoms with Crippen LogP contribution in [0.25, 0.3) is 0 Å². The number of benzene rings is 2. The fourth-order valence-corrected chi connectivity index (χ4v) is 4.27. The number of aromatic nitrogens is 3. The quantitative estimate of drug-likeness (QED) is 0.307. The van der Waals surface area contributed by atoms with Crippen LogP contribution in [0, 0.1) is 0 Å². The van der Waals surface area contributed by atoms with Crippen molar-refractivity contribution in [3.05, 3.63) is 72.1 Å². The molecule has 12 nitrogen and oxygen atoms in total. The van der Waals surface area contributed by atoms with Gasteiger partial charge >= 0.3 is 12.1 Å². The first kappa shape index (κ1) is 28.7. The van der Waals surface area contributed by atoms with Crippen molar-refractivity contribution >= 4 is 24.0 Å². The van der Waals surface area contributed by atoms with E-state index in [1.54, 1.807) is 38.4 Å². The number of amides is 1. The van der Waals surface area contributed by atoms with Gasteiger partial charge in [-0.15, -0.1) is 0 Å². The molecule has 1 aliphatic rings. The van der Waals surface area contributed by atoms with E-state index in [-0.39, 0.29) is 12.4 Å². The van der Waals surface area contributed by atoms with Gasteiger partial charge in [0.1, 0.15) is 18.1 Å². The third-order valence-electron chi connectivity index (χ3n) is 6.53. The molecule has 3 aromatic rings. The Labute approximate surface area is 234 Å². The second-order valence-electron chi connectivity index (χ2n) is 9.81. The lowest BCUT2D eigenvalue weighted by Crippen LogP contribution is -2.47. The maximum absolute atomic E-state index is 11.9. The Balaban J connectivity index is 1.22. The lowest BCUT2D eigenvalue weighted by molar-refractivity contribution is -0.137. The number of carbonyl (C=O) groups is 2. The van der Waals surface area contributed by atoms with E-state index >= 15 is 0 Å². The molecule has 40 heavy (non-hydrogen) atoms. The zero-order valence-electron chi connectivity index (χ0n) is 22.9. The number of carboxylic acids is 1. The molecule has 12 heteroatoms. The molecule has 0 saturated carbocycles. The van der Waals surface area contributed by atoms with Crippen LogP contribution in [-0.2, 0) is 17.8 Å². The Bertz CT molecular complexity index is 1230. The molecule has 0 unspecified atom stereocenters. The molecule has 212 valence electrons. The van der Waals surface area contributed by atoms with E-state index in [0.29, 0.717) is 18.2 Å². The van der Waals surface area contributed by atoms with Gasteiger partial charge in [0.2, 0.25) is 11.9 Å². The van der Waals surface area contributed by atoms with Crippen molar-refractivity contribution in [1.29, 1.82) is 0 Å². The highest BCUT2D eigenvalue weighted by Gasteiger charge is 2.20. The number of ether oxygens (including phenoxy) is 1. The van der Waals surface area contributed by atoms with Crippen molar-refractivity contribution in [2.45, 2.75) is 19.0 Å². The topological polar surface area (TPSA) is 136 Å². The summed E-state index contributed by atoms with van der Waals surface area (Å²) in [7, 11) is 3.19. The van der Waals surface area contributed by atoms with E-state index in [0.717, 1.165) is 44.8 Å². The van der Waals surface area contributed by atoms with Gasteiger partial charge in [-0.2, -0.15) is 4.98 Å². The molecule has 0 bridgehead atoms. The summed E-state index contributed by atoms with van der Waals surface area (Å²) in [6, 6.07) is 16.3. The average Bonchev–Trinajstić information content (AvgIpc) is 2.95. The lowest BCUT2D eigenvalue weighted by Gasteiger charge is -2.34. The molecule has 3 N–H and O–H groups in total. The molecule has 1 aliphatic heterocycles. The zero-order valence-corrected chi connectivity index (χ0v) is 22.9. The number of carbonyl (C=O) groups excluding carboxylic acids is 1. The molecular formula is C28H36N8O4. The minimum Gasteiger partial charge on any atom is -0.480 e. The summed E-state index contributed by atoms with van der Waals surface area (Å²) < 4.78 is 5.21. The summed E-state index contributed by atoms with van der Waals surface area (Å²) in [6.45, 7) is 6.53. The predicted molar refractivity (Wildman–Crippen MR) is 151 cm³/mol. The van der Waals surface area contributed by atoms with E-state index < -0.39 is 18.1 Å². The summed E-state index contributed by atoms with van der Waals surface area (Å²) in [6.07, 6.45) is 1.05. The van der Waals surface area contributed by atoms with Crippen LogP contribution in [0.15, 0.2) is 60.9 Å². The van der Waals surface area contributed by atoms with E-state index in [1.165, 1.54) is 16.8 Å². The highest BCUT2D eigenvalue weighted by molar-refractivity contribution is 5.77. The Kier molecular flexibility index (Phi) is 10.2. The van der Waals surface area contributed by atoms with E-state index in [2.05, 4.69) is 59.7 Å². The number of nitrogens with one attached hydrogen (secondary N) is 2. The van der Waals surface area contributed by atoms with Crippen LogP contribution in [-0.4, -0.2) is 106 Å². The van der Waals surface area contributed by atoms with Gasteiger partial charge in [-0.25, -0.2) is 19.6 Å². The van der Waals surface area contributed by atoms with Gasteiger partial charge in [0.15, 0.2) is 0 Å². The largest absolute Gasteiger partial charge is 0.480 e. The SMILES string of the molecule is CN(C)C(=O)Oc1ccc(C[C@H](Nc2ncnc(NCCN3CCN(Cc4ccccc4)CC3)n2)C(=O)O)cc1. The van der Waals surface area contributed by atoms with Crippen molar-refractivity contribution in [3.8, 4) is 5.75 Å². The van der Waals surface area contributed by atoms with Gasteiger partial charge in [0.05, 0.1) is 0 Å². The molecule has 1 saturated heterocycles. The average molecular weight is 549 g/mol. The monoisotopic (exact) mass is 548 g/mol. The van der Waals surface area contributed by atoms with E-state index in [1.807, 2.05) is 6.07 Å². The lowest BCUT2D eigenvalue weighted by atomic mass is 10.1. The van der Waals surface area contributed by atoms with Crippen LogP contribution < -0.4 is 15.4 Å². The third-order valence-corrected chi connectivity index (χ3v) is 6.53. The zero-order chi connectivity index (χ0) is 28.3. The molecule has 2 heterocycles. The van der Waals surface area contributed by atoms with Gasteiger partial charge in [-0.1, -0.05) is 42.5 Å². The summed E-state index contributed by atoms with van der Waals surface area (Å²) in [5, 5.41) is 15.9. The van der Waals surface area contributed by atoms with Gasteiger partial charge < -0.3 is 25.4 Å². The third kappa shape index (κ3) is 8.89. The fourth-order valence-electron chi connectivity index (χ4n) is 4.27. The first-order valence-electron chi connectivity index (χ1n) is 13.2. The maximum atomic E-state index is 11.9. The number of hydrogen-bond donors (Lipinski definition) is 3. The van der Waals surface area contributed by atoms with Crippen LogP contribution in [0.3, 0.4) is 0 Å². The number of nitrogens with zero attached hydrogens (tertiary/aromatic N) is 6. The summed E-state index contributed by atoms with van der Waals surface area (Å²) in [4.78, 5) is 42.4. The van der Waals surface area contributed by atoms with Gasteiger partial charge in [-0.05, 0) is 23.3 Å². The van der Waals surface area contributed by atoms with Crippen LogP contribution in [0.5, 0.6) is 5.75 Å². The van der Waals surface area contributed by atoms with Crippen molar-refractivity contribution in [2.75, 3.05) is 64.0 Å². The van der Waals surface area contributed by atoms with Crippen LogP contribution in [0.4, 0.5) is 16.7 Å². The van der Waals surface area contributed by atoms with E-state index in [9.17, 15) is 14.7 Å². The van der Waals surface area contributed by atoms with Crippen molar-refractivity contribution in [2.24, 2.45) is 0 Å². The van der Waals surface area contributed by atoms with E-state index in [4.69, 9.17) is 4.74 Å². The molecule has 0 radical (unpaired) electrons. The fraction of sp³-hybridized carbons (Fsp3) is 0.393. The minimum absolute atomic E-state index is 0.177. The molecular weight excluding hydrogens is 512 g/mol. The van der Waals surface area contributed by atoms with Gasteiger partial charge in [-0.3, -0.25) is 9.80 Å². The number of aliphatic carboxylic acids is 1. The number of carboxylic acid groups (broad SMARTS) is 1. The molecule has 2 aromatic carbocycles. The first-order chi connectivity index (χ1) is 19.4. The molecule has 4 rings (SSSR count). The Morgan fingerprint density at radius 2 is 1.62 bits per heavy atom. The second-order valence-corrected chi connectivity index (χ2v) is 9.81. The summed E-state index contributed by atoms with van der Waals surface area (Å²) in [5.74, 6) is -0.0960. The molecule has 0 spiro atoms. The summed E-state index contributed by atoms with van der Waals surface area (Å²) in [5.41, 5.74) is 2.09. The molecule has 1 atom stereocenters. The smallest absolute Gasteiger partial charge is 0.414 e. The highest BCUT2D eigenvalue weighted by Crippen LogP contribution is 2.16. The second kappa shape index (κ2) is 14.2. The molecule has 0 aliphatic carbocycles. The van der Waals surface area contributed by atoms with Crippen molar-refractivity contribution in [1.82, 2.24) is 29.7 Å². The Hall–Kier alpha value is -4.29. The van der Waals surface area contributed by atoms with Crippen LogP contribution in [0.1, 0.15) is 11.1 Å².